The van der Waals surface area contributed by atoms with Gasteiger partial charge in [0.05, 0.1) is 13.5 Å². The predicted octanol–water partition coefficient (Wildman–Crippen LogP) is 0.886. The molecule has 0 saturated carbocycles. The molecule has 20 heavy (non-hydrogen) atoms. The summed E-state index contributed by atoms with van der Waals surface area (Å²) in [5.74, 6) is -1.000. The van der Waals surface area contributed by atoms with Crippen molar-refractivity contribution >= 4 is 17.9 Å². The van der Waals surface area contributed by atoms with Crippen molar-refractivity contribution in [3.05, 3.63) is 29.8 Å². The van der Waals surface area contributed by atoms with Gasteiger partial charge in [0, 0.05) is 13.0 Å². The number of rotatable bonds is 6. The second kappa shape index (κ2) is 7.78. The zero-order valence-electron chi connectivity index (χ0n) is 11.0. The van der Waals surface area contributed by atoms with Crippen LogP contribution in [0.1, 0.15) is 18.4 Å². The summed E-state index contributed by atoms with van der Waals surface area (Å²) in [5.41, 5.74) is 0.846. The molecule has 0 aliphatic rings. The Morgan fingerprint density at radius 3 is 2.35 bits per heavy atom. The molecule has 108 valence electrons. The molecule has 1 aromatic carbocycles. The molecule has 3 amide bonds. The molecule has 0 unspecified atom stereocenters. The van der Waals surface area contributed by atoms with Crippen LogP contribution in [0.4, 0.5) is 4.79 Å². The van der Waals surface area contributed by atoms with Crippen LogP contribution < -0.4 is 15.4 Å². The van der Waals surface area contributed by atoms with E-state index in [0.29, 0.717) is 5.75 Å². The van der Waals surface area contributed by atoms with Crippen molar-refractivity contribution in [3.63, 3.8) is 0 Å². The Labute approximate surface area is 115 Å². The van der Waals surface area contributed by atoms with Crippen molar-refractivity contribution in [2.45, 2.75) is 19.4 Å². The van der Waals surface area contributed by atoms with Crippen LogP contribution in [0, 0.1) is 0 Å². The maximum atomic E-state index is 11.4. The lowest BCUT2D eigenvalue weighted by Gasteiger charge is -2.07. The lowest BCUT2D eigenvalue weighted by Crippen LogP contribution is -2.39. The highest BCUT2D eigenvalue weighted by atomic mass is 16.5. The molecule has 0 aliphatic carbocycles. The highest BCUT2D eigenvalue weighted by Gasteiger charge is 2.09. The van der Waals surface area contributed by atoms with Crippen molar-refractivity contribution in [1.29, 1.82) is 0 Å². The summed E-state index contributed by atoms with van der Waals surface area (Å²) in [7, 11) is 1.56. The molecule has 0 aliphatic heterocycles. The Hall–Kier alpha value is -2.57. The largest absolute Gasteiger partial charge is 0.497 e. The van der Waals surface area contributed by atoms with Gasteiger partial charge in [-0.3, -0.25) is 14.9 Å². The Bertz CT molecular complexity index is 484. The number of imide groups is 1. The van der Waals surface area contributed by atoms with Crippen LogP contribution >= 0.6 is 0 Å². The minimum absolute atomic E-state index is 0.231. The number of carbonyl (C=O) groups is 3. The van der Waals surface area contributed by atoms with Crippen LogP contribution in [0.15, 0.2) is 24.3 Å². The fourth-order valence-electron chi connectivity index (χ4n) is 1.38. The monoisotopic (exact) mass is 280 g/mol. The summed E-state index contributed by atoms with van der Waals surface area (Å²) in [6.45, 7) is 0.252. The minimum Gasteiger partial charge on any atom is -0.497 e. The Kier molecular flexibility index (Phi) is 6.02. The van der Waals surface area contributed by atoms with Crippen LogP contribution in [0.2, 0.25) is 0 Å². The lowest BCUT2D eigenvalue weighted by atomic mass is 10.2. The van der Waals surface area contributed by atoms with E-state index < -0.39 is 17.9 Å². The first-order valence-electron chi connectivity index (χ1n) is 5.93. The number of ether oxygens (including phenoxy) is 1. The van der Waals surface area contributed by atoms with Gasteiger partial charge in [0.1, 0.15) is 5.75 Å². The topological polar surface area (TPSA) is 105 Å². The van der Waals surface area contributed by atoms with E-state index in [0.717, 1.165) is 5.56 Å². The number of benzene rings is 1. The third kappa shape index (κ3) is 5.85. The molecule has 0 aromatic heterocycles. The third-order valence-corrected chi connectivity index (χ3v) is 2.43. The average Bonchev–Trinajstić information content (AvgIpc) is 2.43. The molecule has 0 radical (unpaired) electrons. The summed E-state index contributed by atoms with van der Waals surface area (Å²) in [6, 6.07) is 6.42. The molecule has 0 heterocycles. The zero-order valence-corrected chi connectivity index (χ0v) is 11.0. The molecule has 7 nitrogen and oxygen atoms in total. The van der Waals surface area contributed by atoms with Gasteiger partial charge in [-0.15, -0.1) is 0 Å². The molecule has 0 atom stereocenters. The van der Waals surface area contributed by atoms with Crippen LogP contribution in [0.25, 0.3) is 0 Å². The summed E-state index contributed by atoms with van der Waals surface area (Å²) in [6.07, 6.45) is -0.539. The number of methoxy groups -OCH3 is 1. The summed E-state index contributed by atoms with van der Waals surface area (Å²) < 4.78 is 5.00. The Balaban J connectivity index is 2.31. The number of hydrogen-bond acceptors (Lipinski definition) is 4. The van der Waals surface area contributed by atoms with Crippen molar-refractivity contribution in [2.24, 2.45) is 0 Å². The highest BCUT2D eigenvalue weighted by molar-refractivity contribution is 5.95. The molecule has 1 rings (SSSR count). The molecule has 0 spiro atoms. The van der Waals surface area contributed by atoms with Crippen molar-refractivity contribution in [3.8, 4) is 5.75 Å². The number of aliphatic carboxylic acids is 1. The second-order valence-corrected chi connectivity index (χ2v) is 3.97. The van der Waals surface area contributed by atoms with Gasteiger partial charge in [-0.25, -0.2) is 4.79 Å². The van der Waals surface area contributed by atoms with Gasteiger partial charge in [0.2, 0.25) is 5.91 Å². The average molecular weight is 280 g/mol. The standard InChI is InChI=1S/C13H16N2O5/c1-20-10-4-2-9(3-5-10)8-14-13(19)15-11(16)6-7-12(17)18/h2-5H,6-8H2,1H3,(H,17,18)(H2,14,15,16,19). The molecule has 3 N–H and O–H groups in total. The van der Waals surface area contributed by atoms with E-state index in [4.69, 9.17) is 9.84 Å². The van der Waals surface area contributed by atoms with Crippen molar-refractivity contribution < 1.29 is 24.2 Å². The van der Waals surface area contributed by atoms with E-state index in [-0.39, 0.29) is 19.4 Å². The summed E-state index contributed by atoms with van der Waals surface area (Å²) >= 11 is 0. The first-order chi connectivity index (χ1) is 9.51. The van der Waals surface area contributed by atoms with Crippen LogP contribution in [-0.2, 0) is 16.1 Å². The quantitative estimate of drug-likeness (QED) is 0.717. The molecule has 7 heteroatoms. The van der Waals surface area contributed by atoms with Gasteiger partial charge in [-0.1, -0.05) is 12.1 Å². The summed E-state index contributed by atoms with van der Waals surface area (Å²) in [4.78, 5) is 32.8. The van der Waals surface area contributed by atoms with Gasteiger partial charge in [-0.05, 0) is 17.7 Å². The highest BCUT2D eigenvalue weighted by Crippen LogP contribution is 2.10. The lowest BCUT2D eigenvalue weighted by molar-refractivity contribution is -0.138. The van der Waals surface area contributed by atoms with E-state index in [2.05, 4.69) is 10.6 Å². The fraction of sp³-hybridized carbons (Fsp3) is 0.308. The van der Waals surface area contributed by atoms with Gasteiger partial charge in [0.15, 0.2) is 0 Å². The number of carbonyl (C=O) groups excluding carboxylic acids is 2. The van der Waals surface area contributed by atoms with Gasteiger partial charge in [0.25, 0.3) is 0 Å². The predicted molar refractivity (Wildman–Crippen MR) is 70.2 cm³/mol. The van der Waals surface area contributed by atoms with Crippen molar-refractivity contribution in [2.75, 3.05) is 7.11 Å². The molecule has 0 bridgehead atoms. The number of carboxylic acids is 1. The molecule has 1 aromatic rings. The number of amides is 3. The van der Waals surface area contributed by atoms with Crippen LogP contribution in [0.3, 0.4) is 0 Å². The first kappa shape index (κ1) is 15.5. The maximum absolute atomic E-state index is 11.4. The van der Waals surface area contributed by atoms with Crippen LogP contribution in [-0.4, -0.2) is 30.1 Å². The smallest absolute Gasteiger partial charge is 0.321 e. The van der Waals surface area contributed by atoms with Gasteiger partial charge >= 0.3 is 12.0 Å². The number of urea groups is 1. The third-order valence-electron chi connectivity index (χ3n) is 2.43. The minimum atomic E-state index is -1.08. The van der Waals surface area contributed by atoms with E-state index >= 15 is 0 Å². The number of nitrogens with one attached hydrogen (secondary N) is 2. The zero-order chi connectivity index (χ0) is 15.0. The van der Waals surface area contributed by atoms with E-state index in [1.807, 2.05) is 0 Å². The van der Waals surface area contributed by atoms with Crippen molar-refractivity contribution in [1.82, 2.24) is 10.6 Å². The van der Waals surface area contributed by atoms with E-state index in [1.165, 1.54) is 0 Å². The number of hydrogen-bond donors (Lipinski definition) is 3. The van der Waals surface area contributed by atoms with Gasteiger partial charge < -0.3 is 15.2 Å². The molecule has 0 saturated heterocycles. The second-order valence-electron chi connectivity index (χ2n) is 3.97. The van der Waals surface area contributed by atoms with Crippen LogP contribution in [0.5, 0.6) is 5.75 Å². The van der Waals surface area contributed by atoms with E-state index in [1.54, 1.807) is 31.4 Å². The Morgan fingerprint density at radius 1 is 1.15 bits per heavy atom. The van der Waals surface area contributed by atoms with Gasteiger partial charge in [-0.2, -0.15) is 0 Å². The fourth-order valence-corrected chi connectivity index (χ4v) is 1.38. The Morgan fingerprint density at radius 2 is 1.80 bits per heavy atom. The maximum Gasteiger partial charge on any atom is 0.321 e. The first-order valence-corrected chi connectivity index (χ1v) is 5.93. The summed E-state index contributed by atoms with van der Waals surface area (Å²) in [5, 5.41) is 12.9. The molecule has 0 fully saturated rings. The number of carboxylic acid groups (broad SMARTS) is 1. The van der Waals surface area contributed by atoms with E-state index in [9.17, 15) is 14.4 Å². The normalized spacial score (nSPS) is 9.65. The SMILES string of the molecule is COc1ccc(CNC(=O)NC(=O)CCC(=O)O)cc1. The molecular weight excluding hydrogens is 264 g/mol. The molecular formula is C13H16N2O5.